The van der Waals surface area contributed by atoms with Crippen molar-refractivity contribution in [2.24, 2.45) is 5.14 Å². The Morgan fingerprint density at radius 1 is 0.923 bits per heavy atom. The summed E-state index contributed by atoms with van der Waals surface area (Å²) >= 11 is 0. The molecule has 0 aliphatic heterocycles. The van der Waals surface area contributed by atoms with Gasteiger partial charge in [-0.25, -0.2) is 13.6 Å². The van der Waals surface area contributed by atoms with E-state index in [2.05, 4.69) is 5.14 Å². The Bertz CT molecular complexity index is 261. The largest absolute Gasteiger partial charge is 0.415 e. The molecule has 0 aromatic rings. The van der Waals surface area contributed by atoms with Crippen LogP contribution in [-0.4, -0.2) is 26.0 Å². The highest BCUT2D eigenvalue weighted by Gasteiger charge is 2.63. The van der Waals surface area contributed by atoms with Gasteiger partial charge in [-0.2, -0.15) is 26.3 Å². The molecule has 0 atom stereocenters. The minimum atomic E-state index is -5.95. The number of rotatable bonds is 1. The Kier molecular flexibility index (Phi) is 2.89. The van der Waals surface area contributed by atoms with E-state index in [0.717, 1.165) is 0 Å². The first-order valence-electron chi connectivity index (χ1n) is 2.52. The van der Waals surface area contributed by atoms with Crippen molar-refractivity contribution in [3.8, 4) is 0 Å². The van der Waals surface area contributed by atoms with Crippen LogP contribution in [0.15, 0.2) is 0 Å². The molecule has 0 aliphatic rings. The highest BCUT2D eigenvalue weighted by atomic mass is 32.2. The molecule has 2 N–H and O–H groups in total. The molecule has 0 heterocycles. The second-order valence-electron chi connectivity index (χ2n) is 2.05. The first-order chi connectivity index (χ1) is 5.37. The van der Waals surface area contributed by atoms with E-state index in [1.807, 2.05) is 0 Å². The molecule has 0 spiro atoms. The zero-order valence-corrected chi connectivity index (χ0v) is 6.46. The van der Waals surface area contributed by atoms with Crippen LogP contribution in [-0.2, 0) is 10.0 Å². The number of sulfonamides is 1. The summed E-state index contributed by atoms with van der Waals surface area (Å²) in [5, 5.41) is -0.737. The number of nitrogens with two attached hydrogens (primary N) is 1. The lowest BCUT2D eigenvalue weighted by atomic mass is 10.4. The summed E-state index contributed by atoms with van der Waals surface area (Å²) in [6, 6.07) is 0. The molecule has 0 saturated heterocycles. The lowest BCUT2D eigenvalue weighted by Crippen LogP contribution is -2.50. The summed E-state index contributed by atoms with van der Waals surface area (Å²) in [5.41, 5.74) is 0. The standard InChI is InChI=1S/C3H3F6NO2S/c4-2(5,6)1(3(7,8)9)13(10,11)12/h1H,(H2,10,11,12). The van der Waals surface area contributed by atoms with E-state index in [9.17, 15) is 34.8 Å². The van der Waals surface area contributed by atoms with Gasteiger partial charge in [0.1, 0.15) is 0 Å². The summed E-state index contributed by atoms with van der Waals surface area (Å²) in [4.78, 5) is 0. The molecule has 0 rings (SSSR count). The van der Waals surface area contributed by atoms with Gasteiger partial charge in [-0.15, -0.1) is 0 Å². The number of alkyl halides is 6. The lowest BCUT2D eigenvalue weighted by molar-refractivity contribution is -0.226. The lowest BCUT2D eigenvalue weighted by Gasteiger charge is -2.20. The number of hydrogen-bond donors (Lipinski definition) is 1. The van der Waals surface area contributed by atoms with Crippen LogP contribution in [0.5, 0.6) is 0 Å². The van der Waals surface area contributed by atoms with Crippen molar-refractivity contribution in [3.05, 3.63) is 0 Å². The molecule has 0 amide bonds. The second-order valence-corrected chi connectivity index (χ2v) is 3.70. The van der Waals surface area contributed by atoms with Crippen molar-refractivity contribution in [1.29, 1.82) is 0 Å². The molecule has 0 aromatic heterocycles. The smallest absolute Gasteiger partial charge is 0.228 e. The summed E-state index contributed by atoms with van der Waals surface area (Å²) in [6.45, 7) is 0. The van der Waals surface area contributed by atoms with Crippen LogP contribution >= 0.6 is 0 Å². The molecule has 3 nitrogen and oxygen atoms in total. The van der Waals surface area contributed by atoms with Gasteiger partial charge in [-0.05, 0) is 0 Å². The van der Waals surface area contributed by atoms with Crippen molar-refractivity contribution in [3.63, 3.8) is 0 Å². The monoisotopic (exact) mass is 231 g/mol. The number of halogens is 6. The van der Waals surface area contributed by atoms with Crippen LogP contribution in [0.2, 0.25) is 0 Å². The molecule has 80 valence electrons. The van der Waals surface area contributed by atoms with Crippen LogP contribution in [0.1, 0.15) is 0 Å². The normalized spacial score (nSPS) is 15.1. The van der Waals surface area contributed by atoms with Crippen molar-refractivity contribution in [2.45, 2.75) is 17.6 Å². The van der Waals surface area contributed by atoms with E-state index in [1.165, 1.54) is 0 Å². The van der Waals surface area contributed by atoms with Crippen LogP contribution in [0, 0.1) is 0 Å². The van der Waals surface area contributed by atoms with Crippen molar-refractivity contribution < 1.29 is 34.8 Å². The Morgan fingerprint density at radius 2 is 1.15 bits per heavy atom. The Hall–Kier alpha value is -0.510. The third-order valence-electron chi connectivity index (χ3n) is 0.923. The van der Waals surface area contributed by atoms with Gasteiger partial charge in [0.25, 0.3) is 5.25 Å². The fourth-order valence-corrected chi connectivity index (χ4v) is 1.30. The average molecular weight is 231 g/mol. The maximum absolute atomic E-state index is 11.5. The van der Waals surface area contributed by atoms with Crippen LogP contribution < -0.4 is 5.14 Å². The quantitative estimate of drug-likeness (QED) is 0.677. The van der Waals surface area contributed by atoms with Crippen molar-refractivity contribution in [2.75, 3.05) is 0 Å². The predicted octanol–water partition coefficient (Wildman–Crippen LogP) is 0.768. The van der Waals surface area contributed by atoms with Crippen LogP contribution in [0.3, 0.4) is 0 Å². The molecule has 0 saturated carbocycles. The van der Waals surface area contributed by atoms with Crippen molar-refractivity contribution >= 4 is 10.0 Å². The van der Waals surface area contributed by atoms with E-state index in [1.54, 1.807) is 0 Å². The molecule has 13 heavy (non-hydrogen) atoms. The fourth-order valence-electron chi connectivity index (χ4n) is 0.558. The molecule has 0 unspecified atom stereocenters. The number of hydrogen-bond acceptors (Lipinski definition) is 2. The summed E-state index contributed by atoms with van der Waals surface area (Å²) in [7, 11) is -5.73. The molecule has 0 bridgehead atoms. The van der Waals surface area contributed by atoms with Crippen LogP contribution in [0.4, 0.5) is 26.3 Å². The highest BCUT2D eigenvalue weighted by molar-refractivity contribution is 7.89. The Morgan fingerprint density at radius 3 is 1.15 bits per heavy atom. The number of primary sulfonamides is 1. The molecule has 0 aromatic carbocycles. The molecule has 0 radical (unpaired) electrons. The summed E-state index contributed by atoms with van der Waals surface area (Å²) < 4.78 is 89.1. The Labute approximate surface area is 68.6 Å². The molecule has 0 fully saturated rings. The van der Waals surface area contributed by atoms with Gasteiger partial charge < -0.3 is 0 Å². The first kappa shape index (κ1) is 12.5. The van der Waals surface area contributed by atoms with Crippen LogP contribution in [0.25, 0.3) is 0 Å². The second kappa shape index (κ2) is 3.01. The molecule has 10 heteroatoms. The zero-order chi connectivity index (χ0) is 11.1. The minimum absolute atomic E-state index is 3.78. The van der Waals surface area contributed by atoms with Gasteiger partial charge in [0, 0.05) is 0 Å². The Balaban J connectivity index is 5.28. The minimum Gasteiger partial charge on any atom is -0.228 e. The van der Waals surface area contributed by atoms with E-state index < -0.39 is 27.6 Å². The van der Waals surface area contributed by atoms with E-state index >= 15 is 0 Å². The third kappa shape index (κ3) is 3.38. The summed E-state index contributed by atoms with van der Waals surface area (Å²) in [5.74, 6) is 0. The summed E-state index contributed by atoms with van der Waals surface area (Å²) in [6.07, 6.45) is -11.9. The molecular weight excluding hydrogens is 228 g/mol. The highest BCUT2D eigenvalue weighted by Crippen LogP contribution is 2.36. The van der Waals surface area contributed by atoms with Gasteiger partial charge in [0.2, 0.25) is 10.0 Å². The third-order valence-corrected chi connectivity index (χ3v) is 2.11. The van der Waals surface area contributed by atoms with E-state index in [4.69, 9.17) is 0 Å². The predicted molar refractivity (Wildman–Crippen MR) is 29.0 cm³/mol. The maximum atomic E-state index is 11.5. The zero-order valence-electron chi connectivity index (χ0n) is 5.65. The SMILES string of the molecule is NS(=O)(=O)C(C(F)(F)F)C(F)(F)F. The van der Waals surface area contributed by atoms with Gasteiger partial charge in [-0.3, -0.25) is 0 Å². The van der Waals surface area contributed by atoms with Crippen molar-refractivity contribution in [1.82, 2.24) is 0 Å². The van der Waals surface area contributed by atoms with E-state index in [0.29, 0.717) is 0 Å². The van der Waals surface area contributed by atoms with Gasteiger partial charge >= 0.3 is 12.4 Å². The molecule has 0 aliphatic carbocycles. The first-order valence-corrected chi connectivity index (χ1v) is 4.13. The molecular formula is C3H3F6NO2S. The van der Waals surface area contributed by atoms with E-state index in [-0.39, 0.29) is 0 Å². The topological polar surface area (TPSA) is 60.2 Å². The van der Waals surface area contributed by atoms with Gasteiger partial charge in [0.05, 0.1) is 0 Å². The van der Waals surface area contributed by atoms with Gasteiger partial charge in [-0.1, -0.05) is 0 Å². The van der Waals surface area contributed by atoms with Gasteiger partial charge in [0.15, 0.2) is 0 Å². The fraction of sp³-hybridized carbons (Fsp3) is 1.00. The maximum Gasteiger partial charge on any atom is 0.415 e. The average Bonchev–Trinajstić information content (AvgIpc) is 1.44.